The van der Waals surface area contributed by atoms with Gasteiger partial charge in [-0.2, -0.15) is 0 Å². The van der Waals surface area contributed by atoms with E-state index in [4.69, 9.17) is 4.52 Å². The quantitative estimate of drug-likeness (QED) is 0.811. The first kappa shape index (κ1) is 8.74. The Morgan fingerprint density at radius 1 is 1.21 bits per heavy atom. The molecule has 3 nitrogen and oxygen atoms in total. The maximum absolute atomic E-state index is 12.5. The Labute approximate surface area is 80.5 Å². The van der Waals surface area contributed by atoms with Crippen LogP contribution in [0.1, 0.15) is 5.76 Å². The largest absolute Gasteiger partial charge is 0.378 e. The van der Waals surface area contributed by atoms with Gasteiger partial charge in [-0.1, -0.05) is 5.16 Å². The average Bonchev–Trinajstić information content (AvgIpc) is 2.70. The van der Waals surface area contributed by atoms with Crippen molar-refractivity contribution >= 4 is 5.69 Å². The first-order valence-corrected chi connectivity index (χ1v) is 4.23. The third-order valence-electron chi connectivity index (χ3n) is 1.80. The van der Waals surface area contributed by atoms with Gasteiger partial charge in [-0.25, -0.2) is 4.39 Å². The number of nitrogens with zero attached hydrogens (tertiary/aromatic N) is 1. The molecule has 2 aromatic rings. The molecule has 0 saturated carbocycles. The van der Waals surface area contributed by atoms with Crippen LogP contribution >= 0.6 is 0 Å². The van der Waals surface area contributed by atoms with Crippen molar-refractivity contribution in [2.45, 2.75) is 6.54 Å². The fourth-order valence-electron chi connectivity index (χ4n) is 1.09. The Morgan fingerprint density at radius 2 is 2.00 bits per heavy atom. The second kappa shape index (κ2) is 3.91. The summed E-state index contributed by atoms with van der Waals surface area (Å²) in [4.78, 5) is 0. The van der Waals surface area contributed by atoms with Crippen molar-refractivity contribution in [2.75, 3.05) is 5.32 Å². The highest BCUT2D eigenvalue weighted by molar-refractivity contribution is 5.42. The van der Waals surface area contributed by atoms with Gasteiger partial charge in [0.1, 0.15) is 5.82 Å². The summed E-state index contributed by atoms with van der Waals surface area (Å²) in [5, 5.41) is 6.65. The Hall–Kier alpha value is -1.84. The molecule has 0 aliphatic heterocycles. The number of hydrogen-bond donors (Lipinski definition) is 1. The van der Waals surface area contributed by atoms with E-state index >= 15 is 0 Å². The Kier molecular flexibility index (Phi) is 2.44. The minimum atomic E-state index is -0.241. The molecule has 0 saturated heterocycles. The molecular weight excluding hydrogens is 183 g/mol. The molecule has 0 amide bonds. The molecule has 0 bridgehead atoms. The summed E-state index contributed by atoms with van der Waals surface area (Å²) in [5.74, 6) is 0.504. The van der Waals surface area contributed by atoms with Crippen LogP contribution < -0.4 is 5.32 Å². The molecule has 4 heteroatoms. The second-order valence-corrected chi connectivity index (χ2v) is 2.84. The predicted molar refractivity (Wildman–Crippen MR) is 50.2 cm³/mol. The molecule has 0 unspecified atom stereocenters. The molecule has 2 rings (SSSR count). The zero-order valence-corrected chi connectivity index (χ0v) is 7.40. The summed E-state index contributed by atoms with van der Waals surface area (Å²) in [7, 11) is 0. The van der Waals surface area contributed by atoms with E-state index in [-0.39, 0.29) is 5.82 Å². The van der Waals surface area contributed by atoms with Crippen LogP contribution in [0.2, 0.25) is 0 Å². The summed E-state index contributed by atoms with van der Waals surface area (Å²) < 4.78 is 17.4. The topological polar surface area (TPSA) is 38.1 Å². The summed E-state index contributed by atoms with van der Waals surface area (Å²) in [5.41, 5.74) is 0.850. The average molecular weight is 192 g/mol. The molecule has 0 spiro atoms. The van der Waals surface area contributed by atoms with Crippen LogP contribution in [-0.4, -0.2) is 5.16 Å². The summed E-state index contributed by atoms with van der Waals surface area (Å²) in [6, 6.07) is 7.93. The predicted octanol–water partition coefficient (Wildman–Crippen LogP) is 2.43. The normalized spacial score (nSPS) is 10.1. The number of anilines is 1. The smallest absolute Gasteiger partial charge is 0.155 e. The van der Waals surface area contributed by atoms with E-state index < -0.39 is 0 Å². The third kappa shape index (κ3) is 2.10. The van der Waals surface area contributed by atoms with Crippen LogP contribution in [0.25, 0.3) is 0 Å². The number of hydrogen-bond acceptors (Lipinski definition) is 3. The SMILES string of the molecule is Fc1ccc(NCc2ccno2)cc1. The fraction of sp³-hybridized carbons (Fsp3) is 0.100. The number of rotatable bonds is 3. The first-order chi connectivity index (χ1) is 6.84. The van der Waals surface area contributed by atoms with E-state index in [1.165, 1.54) is 12.1 Å². The highest BCUT2D eigenvalue weighted by Crippen LogP contribution is 2.09. The zero-order valence-electron chi connectivity index (χ0n) is 7.40. The second-order valence-electron chi connectivity index (χ2n) is 2.84. The van der Waals surface area contributed by atoms with E-state index in [9.17, 15) is 4.39 Å². The van der Waals surface area contributed by atoms with Crippen molar-refractivity contribution in [2.24, 2.45) is 0 Å². The molecule has 0 aliphatic rings. The van der Waals surface area contributed by atoms with Crippen molar-refractivity contribution in [3.63, 3.8) is 0 Å². The standard InChI is InChI=1S/C10H9FN2O/c11-8-1-3-9(4-2-8)12-7-10-5-6-13-14-10/h1-6,12H,7H2. The number of aromatic nitrogens is 1. The minimum absolute atomic E-state index is 0.241. The lowest BCUT2D eigenvalue weighted by molar-refractivity contribution is 0.388. The highest BCUT2D eigenvalue weighted by atomic mass is 19.1. The van der Waals surface area contributed by atoms with Crippen molar-refractivity contribution in [1.82, 2.24) is 5.16 Å². The van der Waals surface area contributed by atoms with E-state index in [1.54, 1.807) is 24.4 Å². The van der Waals surface area contributed by atoms with E-state index in [2.05, 4.69) is 10.5 Å². The molecule has 0 fully saturated rings. The van der Waals surface area contributed by atoms with Gasteiger partial charge in [-0.05, 0) is 24.3 Å². The number of halogens is 1. The summed E-state index contributed by atoms with van der Waals surface area (Å²) in [6.07, 6.45) is 1.58. The van der Waals surface area contributed by atoms with Gasteiger partial charge < -0.3 is 9.84 Å². The van der Waals surface area contributed by atoms with Gasteiger partial charge >= 0.3 is 0 Å². The van der Waals surface area contributed by atoms with Crippen molar-refractivity contribution in [3.05, 3.63) is 48.1 Å². The molecule has 1 N–H and O–H groups in total. The molecule has 1 aromatic heterocycles. The van der Waals surface area contributed by atoms with Crippen LogP contribution in [0.3, 0.4) is 0 Å². The summed E-state index contributed by atoms with van der Waals surface area (Å²) >= 11 is 0. The van der Waals surface area contributed by atoms with Crippen molar-refractivity contribution in [1.29, 1.82) is 0 Å². The Morgan fingerprint density at radius 3 is 2.64 bits per heavy atom. The van der Waals surface area contributed by atoms with Crippen LogP contribution in [0.5, 0.6) is 0 Å². The molecule has 0 atom stereocenters. The first-order valence-electron chi connectivity index (χ1n) is 4.23. The Bertz CT molecular complexity index is 383. The van der Waals surface area contributed by atoms with Gasteiger partial charge in [0.05, 0.1) is 12.7 Å². The molecule has 1 heterocycles. The maximum Gasteiger partial charge on any atom is 0.155 e. The third-order valence-corrected chi connectivity index (χ3v) is 1.80. The molecule has 14 heavy (non-hydrogen) atoms. The van der Waals surface area contributed by atoms with Gasteiger partial charge in [0.2, 0.25) is 0 Å². The number of nitrogens with one attached hydrogen (secondary N) is 1. The lowest BCUT2D eigenvalue weighted by atomic mass is 10.3. The van der Waals surface area contributed by atoms with Crippen LogP contribution in [-0.2, 0) is 6.54 Å². The molecular formula is C10H9FN2O. The highest BCUT2D eigenvalue weighted by Gasteiger charge is 1.96. The summed E-state index contributed by atoms with van der Waals surface area (Å²) in [6.45, 7) is 0.547. The van der Waals surface area contributed by atoms with Crippen LogP contribution in [0, 0.1) is 5.82 Å². The lowest BCUT2D eigenvalue weighted by Gasteiger charge is -2.02. The van der Waals surface area contributed by atoms with Crippen LogP contribution in [0.4, 0.5) is 10.1 Å². The fourth-order valence-corrected chi connectivity index (χ4v) is 1.09. The van der Waals surface area contributed by atoms with Crippen molar-refractivity contribution < 1.29 is 8.91 Å². The molecule has 1 aromatic carbocycles. The lowest BCUT2D eigenvalue weighted by Crippen LogP contribution is -1.97. The van der Waals surface area contributed by atoms with Gasteiger partial charge in [-0.3, -0.25) is 0 Å². The maximum atomic E-state index is 12.5. The molecule has 0 radical (unpaired) electrons. The minimum Gasteiger partial charge on any atom is -0.378 e. The zero-order chi connectivity index (χ0) is 9.80. The van der Waals surface area contributed by atoms with E-state index in [0.717, 1.165) is 11.4 Å². The van der Waals surface area contributed by atoms with Crippen LogP contribution in [0.15, 0.2) is 41.1 Å². The van der Waals surface area contributed by atoms with E-state index in [1.807, 2.05) is 0 Å². The number of benzene rings is 1. The van der Waals surface area contributed by atoms with Gasteiger partial charge in [0, 0.05) is 11.8 Å². The van der Waals surface area contributed by atoms with Crippen molar-refractivity contribution in [3.8, 4) is 0 Å². The van der Waals surface area contributed by atoms with E-state index in [0.29, 0.717) is 6.54 Å². The Balaban J connectivity index is 1.95. The molecule has 72 valence electrons. The molecule has 0 aliphatic carbocycles. The monoisotopic (exact) mass is 192 g/mol. The van der Waals surface area contributed by atoms with Gasteiger partial charge in [-0.15, -0.1) is 0 Å². The van der Waals surface area contributed by atoms with Gasteiger partial charge in [0.25, 0.3) is 0 Å². The van der Waals surface area contributed by atoms with Gasteiger partial charge in [0.15, 0.2) is 5.76 Å².